The third kappa shape index (κ3) is 4.37. The fourth-order valence-electron chi connectivity index (χ4n) is 3.18. The predicted octanol–water partition coefficient (Wildman–Crippen LogP) is 5.17. The van der Waals surface area contributed by atoms with E-state index in [0.29, 0.717) is 12.1 Å². The third-order valence-electron chi connectivity index (χ3n) is 4.54. The van der Waals surface area contributed by atoms with E-state index in [0.717, 1.165) is 24.5 Å². The minimum atomic E-state index is 0.313. The first-order valence-electron chi connectivity index (χ1n) is 8.43. The van der Waals surface area contributed by atoms with E-state index in [1.54, 1.807) is 0 Å². The molecule has 1 fully saturated rings. The van der Waals surface area contributed by atoms with Crippen molar-refractivity contribution in [2.24, 2.45) is 0 Å². The SMILES string of the molecule is CCCNC(C)c1ccc(N2CCCCCC2C)cc1Cl. The number of nitrogens with one attached hydrogen (secondary N) is 1. The minimum absolute atomic E-state index is 0.313. The van der Waals surface area contributed by atoms with Crippen LogP contribution in [0.15, 0.2) is 18.2 Å². The summed E-state index contributed by atoms with van der Waals surface area (Å²) in [5.41, 5.74) is 2.48. The lowest BCUT2D eigenvalue weighted by molar-refractivity contribution is 0.570. The maximum atomic E-state index is 6.54. The molecule has 0 radical (unpaired) electrons. The molecule has 1 aromatic carbocycles. The molecule has 1 aliphatic heterocycles. The molecule has 0 aromatic heterocycles. The van der Waals surface area contributed by atoms with E-state index in [-0.39, 0.29) is 0 Å². The van der Waals surface area contributed by atoms with E-state index in [4.69, 9.17) is 11.6 Å². The first-order valence-corrected chi connectivity index (χ1v) is 8.80. The Kier molecular flexibility index (Phi) is 6.38. The summed E-state index contributed by atoms with van der Waals surface area (Å²) in [5, 5.41) is 4.40. The number of hydrogen-bond donors (Lipinski definition) is 1. The highest BCUT2D eigenvalue weighted by molar-refractivity contribution is 6.31. The molecule has 0 amide bonds. The van der Waals surface area contributed by atoms with Crippen molar-refractivity contribution in [3.8, 4) is 0 Å². The van der Waals surface area contributed by atoms with Crippen LogP contribution >= 0.6 is 11.6 Å². The zero-order valence-electron chi connectivity index (χ0n) is 13.7. The maximum absolute atomic E-state index is 6.54. The van der Waals surface area contributed by atoms with Crippen LogP contribution in [-0.2, 0) is 0 Å². The third-order valence-corrected chi connectivity index (χ3v) is 4.86. The van der Waals surface area contributed by atoms with Gasteiger partial charge in [-0.2, -0.15) is 0 Å². The van der Waals surface area contributed by atoms with Gasteiger partial charge in [0, 0.05) is 29.3 Å². The molecule has 2 atom stereocenters. The van der Waals surface area contributed by atoms with Crippen molar-refractivity contribution >= 4 is 17.3 Å². The number of nitrogens with zero attached hydrogens (tertiary/aromatic N) is 1. The van der Waals surface area contributed by atoms with Crippen LogP contribution in [0.1, 0.15) is 64.5 Å². The number of benzene rings is 1. The zero-order valence-corrected chi connectivity index (χ0v) is 14.4. The summed E-state index contributed by atoms with van der Waals surface area (Å²) in [5.74, 6) is 0. The normalized spacial score (nSPS) is 21.1. The summed E-state index contributed by atoms with van der Waals surface area (Å²) < 4.78 is 0. The Morgan fingerprint density at radius 3 is 2.86 bits per heavy atom. The summed E-state index contributed by atoms with van der Waals surface area (Å²) in [6, 6.07) is 7.52. The smallest absolute Gasteiger partial charge is 0.0474 e. The van der Waals surface area contributed by atoms with E-state index in [1.807, 2.05) is 0 Å². The summed E-state index contributed by atoms with van der Waals surface area (Å²) in [4.78, 5) is 2.52. The van der Waals surface area contributed by atoms with Crippen LogP contribution in [0.3, 0.4) is 0 Å². The first-order chi connectivity index (χ1) is 10.1. The average molecular weight is 309 g/mol. The Labute approximate surface area is 134 Å². The molecule has 0 saturated carbocycles. The van der Waals surface area contributed by atoms with Gasteiger partial charge < -0.3 is 10.2 Å². The molecular formula is C18H29ClN2. The number of hydrogen-bond acceptors (Lipinski definition) is 2. The van der Waals surface area contributed by atoms with Gasteiger partial charge in [0.05, 0.1) is 0 Å². The largest absolute Gasteiger partial charge is 0.369 e. The van der Waals surface area contributed by atoms with Gasteiger partial charge in [0.1, 0.15) is 0 Å². The van der Waals surface area contributed by atoms with Crippen molar-refractivity contribution in [1.29, 1.82) is 0 Å². The molecule has 0 spiro atoms. The van der Waals surface area contributed by atoms with Crippen molar-refractivity contribution in [1.82, 2.24) is 5.32 Å². The summed E-state index contributed by atoms with van der Waals surface area (Å²) in [6.07, 6.45) is 6.42. The highest BCUT2D eigenvalue weighted by Crippen LogP contribution is 2.30. The molecular weight excluding hydrogens is 280 g/mol. The van der Waals surface area contributed by atoms with Crippen LogP contribution < -0.4 is 10.2 Å². The van der Waals surface area contributed by atoms with Crippen molar-refractivity contribution in [2.75, 3.05) is 18.0 Å². The lowest BCUT2D eigenvalue weighted by Crippen LogP contribution is -2.32. The first kappa shape index (κ1) is 16.6. The van der Waals surface area contributed by atoms with Gasteiger partial charge in [0.25, 0.3) is 0 Å². The Hall–Kier alpha value is -0.730. The van der Waals surface area contributed by atoms with Gasteiger partial charge in [0.15, 0.2) is 0 Å². The van der Waals surface area contributed by atoms with Crippen molar-refractivity contribution < 1.29 is 0 Å². The second-order valence-corrected chi connectivity index (χ2v) is 6.68. The molecule has 0 aliphatic carbocycles. The minimum Gasteiger partial charge on any atom is -0.369 e. The van der Waals surface area contributed by atoms with E-state index >= 15 is 0 Å². The quantitative estimate of drug-likeness (QED) is 0.807. The van der Waals surface area contributed by atoms with E-state index in [1.165, 1.54) is 36.9 Å². The van der Waals surface area contributed by atoms with E-state index in [9.17, 15) is 0 Å². The van der Waals surface area contributed by atoms with Crippen molar-refractivity contribution in [2.45, 2.75) is 65.0 Å². The van der Waals surface area contributed by atoms with Gasteiger partial charge in [-0.1, -0.05) is 37.4 Å². The molecule has 2 nitrogen and oxygen atoms in total. The molecule has 2 rings (SSSR count). The van der Waals surface area contributed by atoms with Gasteiger partial charge in [-0.05, 0) is 57.4 Å². The Morgan fingerprint density at radius 1 is 1.33 bits per heavy atom. The predicted molar refractivity (Wildman–Crippen MR) is 93.4 cm³/mol. The summed E-state index contributed by atoms with van der Waals surface area (Å²) in [6.45, 7) is 8.89. The molecule has 3 heteroatoms. The fraction of sp³-hybridized carbons (Fsp3) is 0.667. The zero-order chi connectivity index (χ0) is 15.2. The van der Waals surface area contributed by atoms with Gasteiger partial charge in [-0.3, -0.25) is 0 Å². The summed E-state index contributed by atoms with van der Waals surface area (Å²) >= 11 is 6.54. The molecule has 2 unspecified atom stereocenters. The molecule has 1 N–H and O–H groups in total. The van der Waals surface area contributed by atoms with Crippen LogP contribution in [0.5, 0.6) is 0 Å². The van der Waals surface area contributed by atoms with Gasteiger partial charge >= 0.3 is 0 Å². The highest BCUT2D eigenvalue weighted by Gasteiger charge is 2.18. The van der Waals surface area contributed by atoms with Gasteiger partial charge in [0.2, 0.25) is 0 Å². The Morgan fingerprint density at radius 2 is 2.14 bits per heavy atom. The maximum Gasteiger partial charge on any atom is 0.0474 e. The fourth-order valence-corrected chi connectivity index (χ4v) is 3.51. The van der Waals surface area contributed by atoms with Gasteiger partial charge in [-0.15, -0.1) is 0 Å². The van der Waals surface area contributed by atoms with Gasteiger partial charge in [-0.25, -0.2) is 0 Å². The molecule has 1 heterocycles. The van der Waals surface area contributed by atoms with E-state index < -0.39 is 0 Å². The van der Waals surface area contributed by atoms with Crippen molar-refractivity contribution in [3.05, 3.63) is 28.8 Å². The lowest BCUT2D eigenvalue weighted by Gasteiger charge is -2.30. The highest BCUT2D eigenvalue weighted by atomic mass is 35.5. The molecule has 1 saturated heterocycles. The molecule has 1 aromatic rings. The number of halogens is 1. The number of anilines is 1. The molecule has 1 aliphatic rings. The van der Waals surface area contributed by atoms with Crippen LogP contribution in [-0.4, -0.2) is 19.1 Å². The van der Waals surface area contributed by atoms with Crippen LogP contribution in [0.4, 0.5) is 5.69 Å². The standard InChI is InChI=1S/C18H29ClN2/c1-4-11-20-15(3)17-10-9-16(13-18(17)19)21-12-7-5-6-8-14(21)2/h9-10,13-15,20H,4-8,11-12H2,1-3H3. The molecule has 118 valence electrons. The average Bonchev–Trinajstić information content (AvgIpc) is 2.69. The van der Waals surface area contributed by atoms with Crippen LogP contribution in [0.25, 0.3) is 0 Å². The molecule has 21 heavy (non-hydrogen) atoms. The summed E-state index contributed by atoms with van der Waals surface area (Å²) in [7, 11) is 0. The van der Waals surface area contributed by atoms with E-state index in [2.05, 4.69) is 49.2 Å². The second kappa shape index (κ2) is 8.05. The topological polar surface area (TPSA) is 15.3 Å². The lowest BCUT2D eigenvalue weighted by atomic mass is 10.1. The second-order valence-electron chi connectivity index (χ2n) is 6.27. The van der Waals surface area contributed by atoms with Crippen LogP contribution in [0, 0.1) is 0 Å². The van der Waals surface area contributed by atoms with Crippen molar-refractivity contribution in [3.63, 3.8) is 0 Å². The molecule has 0 bridgehead atoms. The Bertz CT molecular complexity index is 447. The Balaban J connectivity index is 2.13. The van der Waals surface area contributed by atoms with Crippen LogP contribution in [0.2, 0.25) is 5.02 Å². The monoisotopic (exact) mass is 308 g/mol. The number of rotatable bonds is 5.